The van der Waals surface area contributed by atoms with E-state index in [1.165, 1.54) is 18.5 Å². The van der Waals surface area contributed by atoms with Crippen molar-refractivity contribution in [1.29, 1.82) is 0 Å². The van der Waals surface area contributed by atoms with Gasteiger partial charge in [-0.15, -0.1) is 0 Å². The van der Waals surface area contributed by atoms with E-state index in [1.54, 1.807) is 24.3 Å². The lowest BCUT2D eigenvalue weighted by atomic mass is 10.1. The molecular formula is C24H23N3O2. The molecule has 0 saturated carbocycles. The van der Waals surface area contributed by atoms with Gasteiger partial charge in [0.1, 0.15) is 0 Å². The Labute approximate surface area is 170 Å². The Morgan fingerprint density at radius 1 is 0.621 bits per heavy atom. The lowest BCUT2D eigenvalue weighted by Crippen LogP contribution is -2.17. The smallest absolute Gasteiger partial charge is 0.255 e. The standard InChI is InChI=1S/C24H23N3O2/c28-23(25-20-6-2-1-3-7-20)18-8-10-19(11-9-18)24(29)26-21-12-14-22(15-13-21)27-16-4-5-17-27/h1-3,6-15H,4-5,16-17H2,(H,25,28)(H,26,29). The zero-order chi connectivity index (χ0) is 20.1. The Morgan fingerprint density at radius 2 is 1.10 bits per heavy atom. The van der Waals surface area contributed by atoms with E-state index in [4.69, 9.17) is 0 Å². The highest BCUT2D eigenvalue weighted by Gasteiger charge is 2.13. The fraction of sp³-hybridized carbons (Fsp3) is 0.167. The molecule has 29 heavy (non-hydrogen) atoms. The summed E-state index contributed by atoms with van der Waals surface area (Å²) >= 11 is 0. The Kier molecular flexibility index (Phi) is 5.56. The van der Waals surface area contributed by atoms with E-state index in [0.29, 0.717) is 11.1 Å². The first-order valence-electron chi connectivity index (χ1n) is 9.82. The van der Waals surface area contributed by atoms with Crippen molar-refractivity contribution < 1.29 is 9.59 Å². The highest BCUT2D eigenvalue weighted by atomic mass is 16.2. The second-order valence-electron chi connectivity index (χ2n) is 7.09. The average Bonchev–Trinajstić information content (AvgIpc) is 3.30. The Balaban J connectivity index is 1.37. The highest BCUT2D eigenvalue weighted by molar-refractivity contribution is 6.07. The number of anilines is 3. The summed E-state index contributed by atoms with van der Waals surface area (Å²) in [6.45, 7) is 2.19. The minimum atomic E-state index is -0.208. The van der Waals surface area contributed by atoms with Gasteiger partial charge in [-0.3, -0.25) is 9.59 Å². The molecule has 1 fully saturated rings. The third kappa shape index (κ3) is 4.63. The van der Waals surface area contributed by atoms with Gasteiger partial charge in [0.05, 0.1) is 0 Å². The van der Waals surface area contributed by atoms with E-state index in [9.17, 15) is 9.59 Å². The largest absolute Gasteiger partial charge is 0.372 e. The molecule has 0 aromatic heterocycles. The fourth-order valence-corrected chi connectivity index (χ4v) is 3.43. The van der Waals surface area contributed by atoms with Crippen LogP contribution < -0.4 is 15.5 Å². The van der Waals surface area contributed by atoms with Crippen molar-refractivity contribution in [2.24, 2.45) is 0 Å². The summed E-state index contributed by atoms with van der Waals surface area (Å²) in [5.41, 5.74) is 3.68. The van der Waals surface area contributed by atoms with Crippen LogP contribution in [0.25, 0.3) is 0 Å². The normalized spacial score (nSPS) is 13.2. The molecule has 2 amide bonds. The summed E-state index contributed by atoms with van der Waals surface area (Å²) in [4.78, 5) is 27.2. The van der Waals surface area contributed by atoms with Crippen LogP contribution in [0.2, 0.25) is 0 Å². The molecule has 0 radical (unpaired) electrons. The van der Waals surface area contributed by atoms with E-state index in [1.807, 2.05) is 54.6 Å². The number of nitrogens with one attached hydrogen (secondary N) is 2. The van der Waals surface area contributed by atoms with E-state index in [-0.39, 0.29) is 11.8 Å². The van der Waals surface area contributed by atoms with Crippen LogP contribution in [0.4, 0.5) is 17.1 Å². The molecule has 0 atom stereocenters. The van der Waals surface area contributed by atoms with E-state index < -0.39 is 0 Å². The van der Waals surface area contributed by atoms with Crippen LogP contribution in [0.3, 0.4) is 0 Å². The summed E-state index contributed by atoms with van der Waals surface area (Å²) in [6, 6.07) is 23.8. The van der Waals surface area contributed by atoms with Crippen LogP contribution in [0.1, 0.15) is 33.6 Å². The summed E-state index contributed by atoms with van der Waals surface area (Å²) in [5.74, 6) is -0.408. The molecule has 0 aliphatic carbocycles. The van der Waals surface area contributed by atoms with Gasteiger partial charge < -0.3 is 15.5 Å². The van der Waals surface area contributed by atoms with Crippen molar-refractivity contribution >= 4 is 28.9 Å². The lowest BCUT2D eigenvalue weighted by molar-refractivity contribution is 0.101. The van der Waals surface area contributed by atoms with E-state index >= 15 is 0 Å². The van der Waals surface area contributed by atoms with Crippen LogP contribution in [0.15, 0.2) is 78.9 Å². The van der Waals surface area contributed by atoms with Gasteiger partial charge in [0, 0.05) is 41.3 Å². The third-order valence-corrected chi connectivity index (χ3v) is 5.04. The quantitative estimate of drug-likeness (QED) is 0.664. The van der Waals surface area contributed by atoms with Crippen molar-refractivity contribution in [2.45, 2.75) is 12.8 Å². The zero-order valence-electron chi connectivity index (χ0n) is 16.1. The van der Waals surface area contributed by atoms with Crippen LogP contribution in [-0.2, 0) is 0 Å². The Bertz CT molecular complexity index is 977. The van der Waals surface area contributed by atoms with Crippen LogP contribution >= 0.6 is 0 Å². The first-order chi connectivity index (χ1) is 14.2. The van der Waals surface area contributed by atoms with Gasteiger partial charge in [-0.25, -0.2) is 0 Å². The summed E-state index contributed by atoms with van der Waals surface area (Å²) in [6.07, 6.45) is 2.47. The van der Waals surface area contributed by atoms with Gasteiger partial charge in [0.15, 0.2) is 0 Å². The second kappa shape index (κ2) is 8.61. The summed E-state index contributed by atoms with van der Waals surface area (Å²) < 4.78 is 0. The van der Waals surface area contributed by atoms with E-state index in [0.717, 1.165) is 24.5 Å². The van der Waals surface area contributed by atoms with Crippen LogP contribution in [0, 0.1) is 0 Å². The highest BCUT2D eigenvalue weighted by Crippen LogP contribution is 2.22. The molecule has 5 nitrogen and oxygen atoms in total. The van der Waals surface area contributed by atoms with E-state index in [2.05, 4.69) is 15.5 Å². The van der Waals surface area contributed by atoms with Crippen LogP contribution in [0.5, 0.6) is 0 Å². The van der Waals surface area contributed by atoms with Crippen molar-refractivity contribution in [1.82, 2.24) is 0 Å². The molecule has 5 heteroatoms. The third-order valence-electron chi connectivity index (χ3n) is 5.04. The first-order valence-corrected chi connectivity index (χ1v) is 9.82. The number of carbonyl (C=O) groups excluding carboxylic acids is 2. The molecule has 0 unspecified atom stereocenters. The SMILES string of the molecule is O=C(Nc1ccccc1)c1ccc(C(=O)Nc2ccc(N3CCCC3)cc2)cc1. The van der Waals surface area contributed by atoms with Gasteiger partial charge in [-0.2, -0.15) is 0 Å². The Hall–Kier alpha value is -3.60. The number of carbonyl (C=O) groups is 2. The predicted molar refractivity (Wildman–Crippen MR) is 117 cm³/mol. The van der Waals surface area contributed by atoms with Crippen molar-refractivity contribution in [3.8, 4) is 0 Å². The molecule has 1 aliphatic heterocycles. The molecule has 1 saturated heterocycles. The number of hydrogen-bond donors (Lipinski definition) is 2. The molecule has 0 bridgehead atoms. The van der Waals surface area contributed by atoms with Gasteiger partial charge in [-0.05, 0) is 73.5 Å². The Morgan fingerprint density at radius 3 is 1.62 bits per heavy atom. The van der Waals surface area contributed by atoms with Crippen molar-refractivity contribution in [3.63, 3.8) is 0 Å². The summed E-state index contributed by atoms with van der Waals surface area (Å²) in [5, 5.41) is 5.74. The molecule has 3 aromatic carbocycles. The molecule has 2 N–H and O–H groups in total. The van der Waals surface area contributed by atoms with Gasteiger partial charge in [0.25, 0.3) is 11.8 Å². The maximum absolute atomic E-state index is 12.5. The number of amides is 2. The topological polar surface area (TPSA) is 61.4 Å². The molecule has 3 aromatic rings. The number of benzene rings is 3. The van der Waals surface area contributed by atoms with Crippen LogP contribution in [-0.4, -0.2) is 24.9 Å². The monoisotopic (exact) mass is 385 g/mol. The molecule has 146 valence electrons. The molecular weight excluding hydrogens is 362 g/mol. The average molecular weight is 385 g/mol. The summed E-state index contributed by atoms with van der Waals surface area (Å²) in [7, 11) is 0. The number of para-hydroxylation sites is 1. The zero-order valence-corrected chi connectivity index (χ0v) is 16.1. The van der Waals surface area contributed by atoms with Crippen molar-refractivity contribution in [3.05, 3.63) is 90.0 Å². The molecule has 4 rings (SSSR count). The fourth-order valence-electron chi connectivity index (χ4n) is 3.43. The lowest BCUT2D eigenvalue weighted by Gasteiger charge is -2.17. The second-order valence-corrected chi connectivity index (χ2v) is 7.09. The van der Waals surface area contributed by atoms with Gasteiger partial charge in [0.2, 0.25) is 0 Å². The molecule has 1 heterocycles. The predicted octanol–water partition coefficient (Wildman–Crippen LogP) is 4.79. The molecule has 1 aliphatic rings. The number of rotatable bonds is 5. The van der Waals surface area contributed by atoms with Gasteiger partial charge in [-0.1, -0.05) is 18.2 Å². The number of nitrogens with zero attached hydrogens (tertiary/aromatic N) is 1. The maximum Gasteiger partial charge on any atom is 0.255 e. The van der Waals surface area contributed by atoms with Gasteiger partial charge >= 0.3 is 0 Å². The first kappa shape index (κ1) is 18.7. The number of hydrogen-bond acceptors (Lipinski definition) is 3. The maximum atomic E-state index is 12.5. The van der Waals surface area contributed by atoms with Crippen molar-refractivity contribution in [2.75, 3.05) is 28.6 Å². The minimum Gasteiger partial charge on any atom is -0.372 e. The minimum absolute atomic E-state index is 0.200. The molecule has 0 spiro atoms.